The van der Waals surface area contributed by atoms with E-state index in [1.54, 1.807) is 23.6 Å². The fourth-order valence-corrected chi connectivity index (χ4v) is 2.89. The number of thioether (sulfide) groups is 1. The van der Waals surface area contributed by atoms with E-state index in [1.165, 1.54) is 0 Å². The Kier molecular flexibility index (Phi) is 4.44. The van der Waals surface area contributed by atoms with Crippen molar-refractivity contribution in [2.24, 2.45) is 5.73 Å². The number of carbonyl (C=O) groups excluding carboxylic acids is 2. The molecule has 2 N–H and O–H groups in total. The molecule has 6 heteroatoms. The molecule has 1 unspecified atom stereocenters. The summed E-state index contributed by atoms with van der Waals surface area (Å²) in [5.74, 6) is -0.299. The number of hydrogen-bond donors (Lipinski definition) is 1. The summed E-state index contributed by atoms with van der Waals surface area (Å²) in [7, 11) is 0. The zero-order valence-corrected chi connectivity index (χ0v) is 11.5. The van der Waals surface area contributed by atoms with E-state index >= 15 is 0 Å². The molecule has 5 nitrogen and oxygen atoms in total. The molecule has 2 rings (SSSR count). The lowest BCUT2D eigenvalue weighted by Gasteiger charge is -2.30. The van der Waals surface area contributed by atoms with E-state index in [2.05, 4.69) is 0 Å². The van der Waals surface area contributed by atoms with Crippen LogP contribution in [0, 0.1) is 0 Å². The zero-order valence-electron chi connectivity index (χ0n) is 10.7. The Morgan fingerprint density at radius 2 is 2.21 bits per heavy atom. The standard InChI is InChI=1S/C13H16N2O3S/c1-2-18-13(17)11(14)12(16)15-7-8-19-10-6-4-3-5-9(10)15/h3-6,11H,2,7-8,14H2,1H3. The van der Waals surface area contributed by atoms with Crippen LogP contribution in [0.5, 0.6) is 0 Å². The molecule has 1 aromatic carbocycles. The number of para-hydroxylation sites is 1. The summed E-state index contributed by atoms with van der Waals surface area (Å²) >= 11 is 1.69. The van der Waals surface area contributed by atoms with E-state index in [1.807, 2.05) is 24.3 Å². The first-order valence-corrected chi connectivity index (χ1v) is 7.09. The molecule has 0 aromatic heterocycles. The minimum Gasteiger partial charge on any atom is -0.464 e. The molecule has 19 heavy (non-hydrogen) atoms. The molecule has 1 heterocycles. The third-order valence-electron chi connectivity index (χ3n) is 2.80. The Balaban J connectivity index is 2.19. The number of rotatable bonds is 3. The molecular weight excluding hydrogens is 264 g/mol. The maximum Gasteiger partial charge on any atom is 0.332 e. The van der Waals surface area contributed by atoms with Crippen molar-refractivity contribution in [1.29, 1.82) is 0 Å². The molecule has 1 amide bonds. The number of ether oxygens (including phenoxy) is 1. The van der Waals surface area contributed by atoms with Gasteiger partial charge in [0.05, 0.1) is 12.3 Å². The summed E-state index contributed by atoms with van der Waals surface area (Å²) < 4.78 is 4.79. The molecule has 0 fully saturated rings. The number of benzene rings is 1. The van der Waals surface area contributed by atoms with E-state index in [4.69, 9.17) is 10.5 Å². The van der Waals surface area contributed by atoms with Crippen LogP contribution in [-0.2, 0) is 14.3 Å². The van der Waals surface area contributed by atoms with Crippen molar-refractivity contribution < 1.29 is 14.3 Å². The summed E-state index contributed by atoms with van der Waals surface area (Å²) in [5.41, 5.74) is 6.47. The summed E-state index contributed by atoms with van der Waals surface area (Å²) in [6, 6.07) is 6.34. The van der Waals surface area contributed by atoms with Gasteiger partial charge in [0.15, 0.2) is 6.04 Å². The molecular formula is C13H16N2O3S. The van der Waals surface area contributed by atoms with Gasteiger partial charge in [0.2, 0.25) is 0 Å². The van der Waals surface area contributed by atoms with Crippen molar-refractivity contribution in [3.63, 3.8) is 0 Å². The number of carbonyl (C=O) groups is 2. The average molecular weight is 280 g/mol. The van der Waals surface area contributed by atoms with E-state index in [0.717, 1.165) is 16.3 Å². The number of amides is 1. The highest BCUT2D eigenvalue weighted by atomic mass is 32.2. The quantitative estimate of drug-likeness (QED) is 0.661. The molecule has 102 valence electrons. The number of esters is 1. The summed E-state index contributed by atoms with van der Waals surface area (Å²) in [4.78, 5) is 26.4. The third kappa shape index (κ3) is 2.90. The van der Waals surface area contributed by atoms with Crippen LogP contribution in [0.1, 0.15) is 6.92 Å². The van der Waals surface area contributed by atoms with E-state index < -0.39 is 17.9 Å². The Morgan fingerprint density at radius 3 is 2.95 bits per heavy atom. The van der Waals surface area contributed by atoms with Gasteiger partial charge in [0.25, 0.3) is 5.91 Å². The van der Waals surface area contributed by atoms with Gasteiger partial charge in [-0.3, -0.25) is 4.79 Å². The van der Waals surface area contributed by atoms with Gasteiger partial charge in [-0.05, 0) is 19.1 Å². The number of anilines is 1. The molecule has 0 saturated carbocycles. The third-order valence-corrected chi connectivity index (χ3v) is 3.84. The van der Waals surface area contributed by atoms with Gasteiger partial charge in [-0.1, -0.05) is 12.1 Å². The van der Waals surface area contributed by atoms with Crippen LogP contribution < -0.4 is 10.6 Å². The van der Waals surface area contributed by atoms with Gasteiger partial charge in [-0.25, -0.2) is 4.79 Å². The first kappa shape index (κ1) is 13.9. The van der Waals surface area contributed by atoms with Gasteiger partial charge < -0.3 is 15.4 Å². The van der Waals surface area contributed by atoms with Gasteiger partial charge >= 0.3 is 5.97 Å². The number of nitrogens with zero attached hydrogens (tertiary/aromatic N) is 1. The smallest absolute Gasteiger partial charge is 0.332 e. The van der Waals surface area contributed by atoms with Crippen molar-refractivity contribution >= 4 is 29.3 Å². The first-order valence-electron chi connectivity index (χ1n) is 6.10. The van der Waals surface area contributed by atoms with Gasteiger partial charge in [0, 0.05) is 17.2 Å². The summed E-state index contributed by atoms with van der Waals surface area (Å²) in [5, 5.41) is 0. The van der Waals surface area contributed by atoms with E-state index in [-0.39, 0.29) is 6.61 Å². The fourth-order valence-electron chi connectivity index (χ4n) is 1.90. The molecule has 1 aliphatic rings. The number of fused-ring (bicyclic) bond motifs is 1. The minimum absolute atomic E-state index is 0.215. The lowest BCUT2D eigenvalue weighted by atomic mass is 10.2. The van der Waals surface area contributed by atoms with Crippen molar-refractivity contribution in [1.82, 2.24) is 0 Å². The molecule has 1 aliphatic heterocycles. The Hall–Kier alpha value is -1.53. The van der Waals surface area contributed by atoms with Gasteiger partial charge in [0.1, 0.15) is 0 Å². The molecule has 0 bridgehead atoms. The molecule has 0 radical (unpaired) electrons. The van der Waals surface area contributed by atoms with Crippen molar-refractivity contribution in [2.45, 2.75) is 17.9 Å². The Bertz CT molecular complexity index is 493. The topological polar surface area (TPSA) is 72.6 Å². The second kappa shape index (κ2) is 6.08. The summed E-state index contributed by atoms with van der Waals surface area (Å²) in [6.07, 6.45) is 0. The predicted octanol–water partition coefficient (Wildman–Crippen LogP) is 1.02. The highest BCUT2D eigenvalue weighted by molar-refractivity contribution is 7.99. The van der Waals surface area contributed by atoms with Crippen LogP contribution in [0.3, 0.4) is 0 Å². The van der Waals surface area contributed by atoms with Crippen LogP contribution >= 0.6 is 11.8 Å². The van der Waals surface area contributed by atoms with Crippen LogP contribution in [0.25, 0.3) is 0 Å². The fraction of sp³-hybridized carbons (Fsp3) is 0.385. The minimum atomic E-state index is -1.25. The van der Waals surface area contributed by atoms with Crippen molar-refractivity contribution in [2.75, 3.05) is 23.8 Å². The summed E-state index contributed by atoms with van der Waals surface area (Å²) in [6.45, 7) is 2.45. The van der Waals surface area contributed by atoms with Crippen molar-refractivity contribution in [3.05, 3.63) is 24.3 Å². The lowest BCUT2D eigenvalue weighted by Crippen LogP contribution is -2.50. The van der Waals surface area contributed by atoms with E-state index in [0.29, 0.717) is 6.54 Å². The van der Waals surface area contributed by atoms with Crippen LogP contribution in [0.2, 0.25) is 0 Å². The molecule has 0 aliphatic carbocycles. The first-order chi connectivity index (χ1) is 9.15. The Labute approximate surface area is 116 Å². The van der Waals surface area contributed by atoms with Crippen LogP contribution in [0.4, 0.5) is 5.69 Å². The second-order valence-corrected chi connectivity index (χ2v) is 5.17. The monoisotopic (exact) mass is 280 g/mol. The van der Waals surface area contributed by atoms with Gasteiger partial charge in [-0.15, -0.1) is 11.8 Å². The van der Waals surface area contributed by atoms with E-state index in [9.17, 15) is 9.59 Å². The van der Waals surface area contributed by atoms with Gasteiger partial charge in [-0.2, -0.15) is 0 Å². The number of nitrogens with two attached hydrogens (primary N) is 1. The SMILES string of the molecule is CCOC(=O)C(N)C(=O)N1CCSc2ccccc21. The molecule has 0 saturated heterocycles. The lowest BCUT2D eigenvalue weighted by molar-refractivity contribution is -0.147. The number of hydrogen-bond acceptors (Lipinski definition) is 5. The van der Waals surface area contributed by atoms with Crippen molar-refractivity contribution in [3.8, 4) is 0 Å². The predicted molar refractivity (Wildman–Crippen MR) is 74.1 cm³/mol. The molecule has 1 aromatic rings. The highest BCUT2D eigenvalue weighted by Gasteiger charge is 2.31. The molecule has 0 spiro atoms. The normalized spacial score (nSPS) is 15.6. The Morgan fingerprint density at radius 1 is 1.47 bits per heavy atom. The van der Waals surface area contributed by atoms with Crippen LogP contribution in [0.15, 0.2) is 29.2 Å². The zero-order chi connectivity index (χ0) is 13.8. The highest BCUT2D eigenvalue weighted by Crippen LogP contribution is 2.34. The maximum atomic E-state index is 12.3. The maximum absolute atomic E-state index is 12.3. The largest absolute Gasteiger partial charge is 0.464 e. The average Bonchev–Trinajstić information content (AvgIpc) is 2.45. The van der Waals surface area contributed by atoms with Crippen LogP contribution in [-0.4, -0.2) is 36.8 Å². The molecule has 1 atom stereocenters. The second-order valence-electron chi connectivity index (χ2n) is 4.04.